The number of hydrogen-bond donors (Lipinski definition) is 2. The Morgan fingerprint density at radius 2 is 1.79 bits per heavy atom. The molecule has 0 radical (unpaired) electrons. The third kappa shape index (κ3) is 9.98. The highest BCUT2D eigenvalue weighted by atomic mass is 127. The summed E-state index contributed by atoms with van der Waals surface area (Å²) in [6.45, 7) is 13.0. The van der Waals surface area contributed by atoms with Crippen LogP contribution < -0.4 is 10.6 Å². The second-order valence-corrected chi connectivity index (χ2v) is 4.38. The number of aliphatic imine (C=N–C) groups is 1. The Kier molecular flexibility index (Phi) is 13.7. The van der Waals surface area contributed by atoms with Gasteiger partial charge in [0, 0.05) is 32.1 Å². The lowest BCUT2D eigenvalue weighted by Crippen LogP contribution is -2.41. The van der Waals surface area contributed by atoms with Crippen LogP contribution in [0.3, 0.4) is 0 Å². The van der Waals surface area contributed by atoms with Gasteiger partial charge in [-0.15, -0.1) is 24.0 Å². The topological polar surface area (TPSA) is 56.7 Å². The molecular weight excluding hydrogens is 355 g/mol. The molecule has 0 saturated heterocycles. The minimum Gasteiger partial charge on any atom is -0.357 e. The summed E-state index contributed by atoms with van der Waals surface area (Å²) < 4.78 is 0. The summed E-state index contributed by atoms with van der Waals surface area (Å²) in [6, 6.07) is 0.335. The molecule has 0 aliphatic rings. The number of halogens is 1. The molecule has 0 unspecified atom stereocenters. The molecule has 1 amide bonds. The van der Waals surface area contributed by atoms with Crippen LogP contribution in [0.5, 0.6) is 0 Å². The Morgan fingerprint density at radius 1 is 1.21 bits per heavy atom. The molecule has 0 spiro atoms. The Morgan fingerprint density at radius 3 is 2.21 bits per heavy atom. The fourth-order valence-electron chi connectivity index (χ4n) is 1.59. The van der Waals surface area contributed by atoms with Gasteiger partial charge in [0.25, 0.3) is 0 Å². The zero-order valence-corrected chi connectivity index (χ0v) is 15.2. The average molecular weight is 384 g/mol. The predicted octanol–water partition coefficient (Wildman–Crippen LogP) is 1.83. The Bertz CT molecular complexity index is 265. The fourth-order valence-corrected chi connectivity index (χ4v) is 1.59. The summed E-state index contributed by atoms with van der Waals surface area (Å²) in [5.74, 6) is 0.948. The van der Waals surface area contributed by atoms with E-state index in [1.165, 1.54) is 0 Å². The lowest BCUT2D eigenvalue weighted by Gasteiger charge is -2.18. The molecule has 114 valence electrons. The van der Waals surface area contributed by atoms with E-state index in [1.807, 2.05) is 25.7 Å². The zero-order valence-electron chi connectivity index (χ0n) is 12.8. The highest BCUT2D eigenvalue weighted by Gasteiger charge is 2.08. The van der Waals surface area contributed by atoms with Crippen LogP contribution in [-0.2, 0) is 4.79 Å². The number of nitrogens with one attached hydrogen (secondary N) is 2. The third-order valence-electron chi connectivity index (χ3n) is 2.48. The van der Waals surface area contributed by atoms with E-state index in [2.05, 4.69) is 29.5 Å². The minimum absolute atomic E-state index is 0. The van der Waals surface area contributed by atoms with Crippen molar-refractivity contribution >= 4 is 35.8 Å². The molecule has 0 heterocycles. The minimum atomic E-state index is 0. The molecular formula is C13H29IN4O. The maximum absolute atomic E-state index is 11.8. The van der Waals surface area contributed by atoms with Gasteiger partial charge in [-0.05, 0) is 34.6 Å². The molecule has 0 aromatic rings. The number of nitrogens with zero attached hydrogens (tertiary/aromatic N) is 2. The molecule has 0 saturated carbocycles. The molecule has 19 heavy (non-hydrogen) atoms. The van der Waals surface area contributed by atoms with Crippen LogP contribution in [0.2, 0.25) is 0 Å². The standard InChI is InChI=1S/C13H28N4O.HI/c1-6-14-13(16-11(4)5)15-10-9-12(18)17(7-2)8-3;/h11H,6-10H2,1-5H3,(H2,14,15,16);1H. The van der Waals surface area contributed by atoms with Crippen molar-refractivity contribution in [3.05, 3.63) is 0 Å². The number of amides is 1. The molecule has 6 heteroatoms. The van der Waals surface area contributed by atoms with Crippen LogP contribution in [0, 0.1) is 0 Å². The first-order chi connectivity index (χ1) is 8.54. The Hall–Kier alpha value is -0.530. The second-order valence-electron chi connectivity index (χ2n) is 4.38. The van der Waals surface area contributed by atoms with Gasteiger partial charge in [-0.1, -0.05) is 0 Å². The number of hydrogen-bond acceptors (Lipinski definition) is 2. The van der Waals surface area contributed by atoms with E-state index in [1.54, 1.807) is 0 Å². The maximum atomic E-state index is 11.8. The molecule has 0 aliphatic carbocycles. The van der Waals surface area contributed by atoms with Gasteiger partial charge in [0.05, 0.1) is 6.54 Å². The van der Waals surface area contributed by atoms with Gasteiger partial charge < -0.3 is 15.5 Å². The van der Waals surface area contributed by atoms with E-state index in [-0.39, 0.29) is 29.9 Å². The first kappa shape index (κ1) is 20.8. The van der Waals surface area contributed by atoms with Crippen LogP contribution in [-0.4, -0.2) is 49.0 Å². The van der Waals surface area contributed by atoms with E-state index in [0.29, 0.717) is 19.0 Å². The first-order valence-corrected chi connectivity index (χ1v) is 6.87. The summed E-state index contributed by atoms with van der Waals surface area (Å²) in [4.78, 5) is 18.0. The number of carbonyl (C=O) groups excluding carboxylic acids is 1. The molecule has 0 rings (SSSR count). The lowest BCUT2D eigenvalue weighted by atomic mass is 10.3. The van der Waals surface area contributed by atoms with E-state index in [4.69, 9.17) is 0 Å². The van der Waals surface area contributed by atoms with E-state index < -0.39 is 0 Å². The van der Waals surface area contributed by atoms with Gasteiger partial charge in [-0.3, -0.25) is 9.79 Å². The Balaban J connectivity index is 0. The molecule has 0 fully saturated rings. The smallest absolute Gasteiger partial charge is 0.224 e. The number of rotatable bonds is 7. The average Bonchev–Trinajstić information content (AvgIpc) is 2.30. The third-order valence-corrected chi connectivity index (χ3v) is 2.48. The van der Waals surface area contributed by atoms with Crippen LogP contribution in [0.15, 0.2) is 4.99 Å². The number of carbonyl (C=O) groups is 1. The highest BCUT2D eigenvalue weighted by Crippen LogP contribution is 1.94. The van der Waals surface area contributed by atoms with Crippen LogP contribution in [0.1, 0.15) is 41.0 Å². The summed E-state index contributed by atoms with van der Waals surface area (Å²) in [6.07, 6.45) is 0.469. The molecule has 0 aromatic heterocycles. The van der Waals surface area contributed by atoms with E-state index in [0.717, 1.165) is 25.6 Å². The van der Waals surface area contributed by atoms with Crippen LogP contribution in [0.4, 0.5) is 0 Å². The van der Waals surface area contributed by atoms with Crippen molar-refractivity contribution in [2.24, 2.45) is 4.99 Å². The van der Waals surface area contributed by atoms with Gasteiger partial charge in [-0.2, -0.15) is 0 Å². The van der Waals surface area contributed by atoms with Gasteiger partial charge in [0.2, 0.25) is 5.91 Å². The summed E-state index contributed by atoms with van der Waals surface area (Å²) in [7, 11) is 0. The van der Waals surface area contributed by atoms with Crippen molar-refractivity contribution in [3.63, 3.8) is 0 Å². The van der Waals surface area contributed by atoms with Gasteiger partial charge >= 0.3 is 0 Å². The van der Waals surface area contributed by atoms with Crippen molar-refractivity contribution in [1.29, 1.82) is 0 Å². The van der Waals surface area contributed by atoms with Gasteiger partial charge in [0.1, 0.15) is 0 Å². The molecule has 2 N–H and O–H groups in total. The molecule has 0 aromatic carbocycles. The summed E-state index contributed by atoms with van der Waals surface area (Å²) in [5.41, 5.74) is 0. The highest BCUT2D eigenvalue weighted by molar-refractivity contribution is 14.0. The number of guanidine groups is 1. The Labute approximate surface area is 134 Å². The molecule has 0 aliphatic heterocycles. The van der Waals surface area contributed by atoms with E-state index >= 15 is 0 Å². The summed E-state index contributed by atoms with van der Waals surface area (Å²) >= 11 is 0. The van der Waals surface area contributed by atoms with Crippen LogP contribution >= 0.6 is 24.0 Å². The zero-order chi connectivity index (χ0) is 14.0. The monoisotopic (exact) mass is 384 g/mol. The van der Waals surface area contributed by atoms with Crippen molar-refractivity contribution in [2.45, 2.75) is 47.1 Å². The van der Waals surface area contributed by atoms with Crippen LogP contribution in [0.25, 0.3) is 0 Å². The second kappa shape index (κ2) is 12.5. The summed E-state index contributed by atoms with van der Waals surface area (Å²) in [5, 5.41) is 6.38. The lowest BCUT2D eigenvalue weighted by molar-refractivity contribution is -0.130. The molecule has 0 atom stereocenters. The SMILES string of the molecule is CCNC(=NCCC(=O)N(CC)CC)NC(C)C.I. The molecule has 0 bridgehead atoms. The van der Waals surface area contributed by atoms with E-state index in [9.17, 15) is 4.79 Å². The maximum Gasteiger partial charge on any atom is 0.224 e. The predicted molar refractivity (Wildman–Crippen MR) is 92.2 cm³/mol. The largest absolute Gasteiger partial charge is 0.357 e. The quantitative estimate of drug-likeness (QED) is 0.400. The fraction of sp³-hybridized carbons (Fsp3) is 0.846. The normalized spacial score (nSPS) is 10.9. The van der Waals surface area contributed by atoms with Crippen molar-refractivity contribution in [1.82, 2.24) is 15.5 Å². The van der Waals surface area contributed by atoms with Gasteiger partial charge in [-0.25, -0.2) is 0 Å². The van der Waals surface area contributed by atoms with Crippen molar-refractivity contribution in [3.8, 4) is 0 Å². The van der Waals surface area contributed by atoms with Gasteiger partial charge in [0.15, 0.2) is 5.96 Å². The van der Waals surface area contributed by atoms with Crippen molar-refractivity contribution in [2.75, 3.05) is 26.2 Å². The van der Waals surface area contributed by atoms with Crippen molar-refractivity contribution < 1.29 is 4.79 Å². The molecule has 5 nitrogen and oxygen atoms in total. The first-order valence-electron chi connectivity index (χ1n) is 6.87.